The predicted octanol–water partition coefficient (Wildman–Crippen LogP) is 7.03. The van der Waals surface area contributed by atoms with Gasteiger partial charge in [0.05, 0.1) is 24.9 Å². The van der Waals surface area contributed by atoms with Crippen LogP contribution in [0.5, 0.6) is 0 Å². The van der Waals surface area contributed by atoms with Gasteiger partial charge < -0.3 is 15.1 Å². The molecule has 3 amide bonds. The summed E-state index contributed by atoms with van der Waals surface area (Å²) < 4.78 is 14.8. The molecule has 11 heteroatoms. The number of rotatable bonds is 9. The molecule has 5 rings (SSSR count). The number of aromatic nitrogens is 3. The average molecular weight is 684 g/mol. The normalized spacial score (nSPS) is 15.3. The maximum atomic E-state index is 12.9. The van der Waals surface area contributed by atoms with Crippen molar-refractivity contribution in [2.75, 3.05) is 25.5 Å². The number of carbonyl (C=O) groups is 3. The second-order valence-corrected chi connectivity index (χ2v) is 13.8. The first kappa shape index (κ1) is 40.8. The topological polar surface area (TPSA) is 124 Å². The Bertz CT molecular complexity index is 1610. The van der Waals surface area contributed by atoms with Crippen LogP contribution in [0.4, 0.5) is 10.1 Å². The number of likely N-dealkylation sites (tertiary alicyclic amines) is 1. The minimum Gasteiger partial charge on any atom is -0.339 e. The highest BCUT2D eigenvalue weighted by Gasteiger charge is 2.33. The van der Waals surface area contributed by atoms with Gasteiger partial charge in [-0.05, 0) is 60.9 Å². The molecular formula is C39H50FN7O3. The standard InChI is InChI=1S/C17H16FN3.C10H15N3O2.C7H7NO.C5H12/c1-13(11-14-7-9-16(18)10-8-14)21-12-17(19-20-21)15-5-3-2-4-6-15;1-8-3-9(4-11)13(5-8)10(15)6-12(2)7-14;9-6-8-7-4-2-1-3-5-7;1-5(2,3)4/h2-10,12-13H,11H2,1H3;7-9H,3,5-6H2,1-2H3;1-6H,(H,8,9);1-4H3. The predicted molar refractivity (Wildman–Crippen MR) is 195 cm³/mol. The van der Waals surface area contributed by atoms with Gasteiger partial charge in [-0.25, -0.2) is 9.07 Å². The fourth-order valence-electron chi connectivity index (χ4n) is 4.68. The Kier molecular flexibility index (Phi) is 17.0. The molecule has 0 aliphatic carbocycles. The molecular weight excluding hydrogens is 633 g/mol. The summed E-state index contributed by atoms with van der Waals surface area (Å²) in [5.41, 5.74) is 4.33. The van der Waals surface area contributed by atoms with E-state index in [1.165, 1.54) is 17.0 Å². The highest BCUT2D eigenvalue weighted by Crippen LogP contribution is 2.22. The maximum Gasteiger partial charge on any atom is 0.243 e. The number of likely N-dealkylation sites (N-methyl/N-ethyl adjacent to an activating group) is 1. The highest BCUT2D eigenvalue weighted by atomic mass is 19.1. The lowest BCUT2D eigenvalue weighted by Crippen LogP contribution is -2.41. The Morgan fingerprint density at radius 3 is 2.16 bits per heavy atom. The van der Waals surface area contributed by atoms with Crippen LogP contribution in [-0.4, -0.2) is 69.7 Å². The molecule has 1 aliphatic rings. The van der Waals surface area contributed by atoms with Crippen LogP contribution in [0.25, 0.3) is 11.3 Å². The van der Waals surface area contributed by atoms with Crippen molar-refractivity contribution >= 4 is 24.4 Å². The van der Waals surface area contributed by atoms with Gasteiger partial charge in [0, 0.05) is 24.8 Å². The zero-order valence-electron chi connectivity index (χ0n) is 30.2. The molecule has 1 N–H and O–H groups in total. The van der Waals surface area contributed by atoms with Crippen LogP contribution >= 0.6 is 0 Å². The molecule has 1 aliphatic heterocycles. The lowest BCUT2D eigenvalue weighted by Gasteiger charge is -2.21. The third kappa shape index (κ3) is 15.7. The van der Waals surface area contributed by atoms with Gasteiger partial charge in [-0.1, -0.05) is 100 Å². The number of nitriles is 1. The van der Waals surface area contributed by atoms with E-state index in [2.05, 4.69) is 56.3 Å². The minimum absolute atomic E-state index is 0.0500. The largest absolute Gasteiger partial charge is 0.339 e. The number of halogens is 1. The second-order valence-electron chi connectivity index (χ2n) is 13.8. The molecule has 1 saturated heterocycles. The van der Waals surface area contributed by atoms with Crippen LogP contribution in [0.2, 0.25) is 0 Å². The van der Waals surface area contributed by atoms with E-state index >= 15 is 0 Å². The van der Waals surface area contributed by atoms with Crippen molar-refractivity contribution in [1.29, 1.82) is 5.26 Å². The average Bonchev–Trinajstić information content (AvgIpc) is 3.74. The van der Waals surface area contributed by atoms with E-state index in [1.807, 2.05) is 78.5 Å². The van der Waals surface area contributed by atoms with E-state index in [4.69, 9.17) is 5.26 Å². The highest BCUT2D eigenvalue weighted by molar-refractivity contribution is 5.81. The Hall–Kier alpha value is -5.37. The van der Waals surface area contributed by atoms with Crippen molar-refractivity contribution in [3.05, 3.63) is 103 Å². The number of carbonyl (C=O) groups excluding carboxylic acids is 3. The van der Waals surface area contributed by atoms with Gasteiger partial charge in [-0.2, -0.15) is 5.26 Å². The maximum absolute atomic E-state index is 12.9. The Morgan fingerprint density at radius 2 is 1.62 bits per heavy atom. The number of hydrogen-bond donors (Lipinski definition) is 1. The molecule has 0 radical (unpaired) electrons. The quantitative estimate of drug-likeness (QED) is 0.189. The first-order valence-electron chi connectivity index (χ1n) is 16.6. The van der Waals surface area contributed by atoms with Crippen molar-refractivity contribution in [1.82, 2.24) is 24.8 Å². The van der Waals surface area contributed by atoms with Crippen LogP contribution < -0.4 is 5.32 Å². The van der Waals surface area contributed by atoms with Crippen LogP contribution in [0.3, 0.4) is 0 Å². The lowest BCUT2D eigenvalue weighted by molar-refractivity contribution is -0.135. The summed E-state index contributed by atoms with van der Waals surface area (Å²) in [4.78, 5) is 34.8. The Balaban J connectivity index is 0.000000260. The summed E-state index contributed by atoms with van der Waals surface area (Å²) >= 11 is 0. The summed E-state index contributed by atoms with van der Waals surface area (Å²) in [5, 5.41) is 19.8. The SMILES string of the molecule is CC(C)(C)C.CC(Cc1ccc(F)cc1)n1cc(-c2ccccc2)nn1.CC1CC(C#N)N(C(=O)CN(C)C=O)C1.O=CNc1ccccc1. The third-order valence-corrected chi connectivity index (χ3v) is 7.02. The van der Waals surface area contributed by atoms with Gasteiger partial charge >= 0.3 is 0 Å². The van der Waals surface area contributed by atoms with Crippen LogP contribution in [0.1, 0.15) is 59.6 Å². The molecule has 0 bridgehead atoms. The van der Waals surface area contributed by atoms with Gasteiger partial charge in [0.1, 0.15) is 17.6 Å². The van der Waals surface area contributed by atoms with E-state index < -0.39 is 0 Å². The monoisotopic (exact) mass is 683 g/mol. The molecule has 4 aromatic rings. The van der Waals surface area contributed by atoms with Gasteiger partial charge in [0.2, 0.25) is 18.7 Å². The molecule has 50 heavy (non-hydrogen) atoms. The molecule has 3 unspecified atom stereocenters. The number of anilines is 1. The summed E-state index contributed by atoms with van der Waals surface area (Å²) in [6.07, 6.45) is 4.74. The number of nitrogens with one attached hydrogen (secondary N) is 1. The molecule has 266 valence electrons. The Labute approximate surface area is 295 Å². The van der Waals surface area contributed by atoms with E-state index in [1.54, 1.807) is 24.1 Å². The zero-order chi connectivity index (χ0) is 37.1. The van der Waals surface area contributed by atoms with E-state index in [-0.39, 0.29) is 30.4 Å². The first-order valence-corrected chi connectivity index (χ1v) is 16.6. The molecule has 3 aromatic carbocycles. The van der Waals surface area contributed by atoms with Gasteiger partial charge in [0.25, 0.3) is 0 Å². The molecule has 0 spiro atoms. The van der Waals surface area contributed by atoms with Gasteiger partial charge in [0.15, 0.2) is 0 Å². The fourth-order valence-corrected chi connectivity index (χ4v) is 4.68. The minimum atomic E-state index is -0.326. The number of benzene rings is 3. The summed E-state index contributed by atoms with van der Waals surface area (Å²) in [6.45, 7) is 13.5. The van der Waals surface area contributed by atoms with E-state index in [0.717, 1.165) is 35.3 Å². The van der Waals surface area contributed by atoms with E-state index in [9.17, 15) is 18.8 Å². The zero-order valence-corrected chi connectivity index (χ0v) is 30.2. The van der Waals surface area contributed by atoms with Crippen LogP contribution in [0.15, 0.2) is 91.1 Å². The number of amides is 3. The van der Waals surface area contributed by atoms with Crippen LogP contribution in [0, 0.1) is 28.5 Å². The van der Waals surface area contributed by atoms with Crippen molar-refractivity contribution in [2.45, 2.75) is 66.5 Å². The summed E-state index contributed by atoms with van der Waals surface area (Å²) in [5.74, 6) is -0.000778. The molecule has 1 aromatic heterocycles. The van der Waals surface area contributed by atoms with Gasteiger partial charge in [-0.15, -0.1) is 5.10 Å². The fraction of sp³-hybridized carbons (Fsp3) is 0.385. The van der Waals surface area contributed by atoms with Gasteiger partial charge in [-0.3, -0.25) is 14.4 Å². The molecule has 1 fully saturated rings. The summed E-state index contributed by atoms with van der Waals surface area (Å²) in [7, 11) is 1.55. The Morgan fingerprint density at radius 1 is 1.04 bits per heavy atom. The lowest BCUT2D eigenvalue weighted by atomic mass is 10.0. The number of nitrogens with zero attached hydrogens (tertiary/aromatic N) is 6. The summed E-state index contributed by atoms with van der Waals surface area (Å²) in [6, 6.07) is 27.8. The van der Waals surface area contributed by atoms with Crippen molar-refractivity contribution in [3.8, 4) is 17.3 Å². The third-order valence-electron chi connectivity index (χ3n) is 7.02. The van der Waals surface area contributed by atoms with Crippen LogP contribution in [-0.2, 0) is 20.8 Å². The number of hydrogen-bond acceptors (Lipinski definition) is 6. The van der Waals surface area contributed by atoms with Crippen molar-refractivity contribution < 1.29 is 18.8 Å². The molecule has 10 nitrogen and oxygen atoms in total. The molecule has 0 saturated carbocycles. The van der Waals surface area contributed by atoms with Crippen molar-refractivity contribution in [3.63, 3.8) is 0 Å². The molecule has 3 atom stereocenters. The smallest absolute Gasteiger partial charge is 0.243 e. The number of para-hydroxylation sites is 1. The molecule has 2 heterocycles. The van der Waals surface area contributed by atoms with E-state index in [0.29, 0.717) is 30.7 Å². The first-order chi connectivity index (χ1) is 23.7. The second kappa shape index (κ2) is 20.9. The van der Waals surface area contributed by atoms with Crippen molar-refractivity contribution in [2.24, 2.45) is 11.3 Å².